The van der Waals surface area contributed by atoms with E-state index in [1.807, 2.05) is 36.4 Å². The zero-order chi connectivity index (χ0) is 22.5. The van der Waals surface area contributed by atoms with Gasteiger partial charge < -0.3 is 10.1 Å². The van der Waals surface area contributed by atoms with Crippen LogP contribution in [0.4, 0.5) is 0 Å². The fourth-order valence-electron chi connectivity index (χ4n) is 4.14. The molecule has 4 rings (SSSR count). The van der Waals surface area contributed by atoms with Gasteiger partial charge in [0.1, 0.15) is 4.83 Å². The van der Waals surface area contributed by atoms with Crippen molar-refractivity contribution in [2.45, 2.75) is 50.4 Å². The summed E-state index contributed by atoms with van der Waals surface area (Å²) >= 11 is 2.83. The molecule has 1 aromatic carbocycles. The van der Waals surface area contributed by atoms with E-state index < -0.39 is 0 Å². The van der Waals surface area contributed by atoms with Crippen molar-refractivity contribution in [3.63, 3.8) is 0 Å². The van der Waals surface area contributed by atoms with Crippen molar-refractivity contribution in [3.05, 3.63) is 46.8 Å². The lowest BCUT2D eigenvalue weighted by atomic mass is 9.86. The first-order chi connectivity index (χ1) is 15.6. The first kappa shape index (κ1) is 23.0. The molecule has 1 aliphatic carbocycles. The van der Waals surface area contributed by atoms with Gasteiger partial charge in [0.2, 0.25) is 5.91 Å². The second kappa shape index (κ2) is 10.6. The van der Waals surface area contributed by atoms with Crippen molar-refractivity contribution in [2.24, 2.45) is 5.92 Å². The van der Waals surface area contributed by atoms with Crippen LogP contribution in [0.5, 0.6) is 0 Å². The molecular formula is C24H29N3O3S2. The number of thiophene rings is 1. The van der Waals surface area contributed by atoms with Crippen LogP contribution in [0.3, 0.4) is 0 Å². The van der Waals surface area contributed by atoms with E-state index in [4.69, 9.17) is 9.72 Å². The molecule has 0 saturated heterocycles. The minimum atomic E-state index is -0.0886. The van der Waals surface area contributed by atoms with Crippen molar-refractivity contribution >= 4 is 39.2 Å². The van der Waals surface area contributed by atoms with Gasteiger partial charge in [-0.15, -0.1) is 11.3 Å². The number of methoxy groups -OCH3 is 1. The molecular weight excluding hydrogens is 442 g/mol. The molecule has 2 heterocycles. The van der Waals surface area contributed by atoms with Gasteiger partial charge in [-0.1, -0.05) is 61.9 Å². The maximum atomic E-state index is 13.3. The molecule has 0 spiro atoms. The lowest BCUT2D eigenvalue weighted by Crippen LogP contribution is -2.42. The van der Waals surface area contributed by atoms with Gasteiger partial charge in [0, 0.05) is 18.0 Å². The minimum absolute atomic E-state index is 0.00228. The largest absolute Gasteiger partial charge is 0.383 e. The Hall–Kier alpha value is -2.16. The molecule has 170 valence electrons. The highest BCUT2D eigenvalue weighted by Gasteiger charge is 2.23. The standard InChI is InChI=1S/C24H29N3O3S2/c1-16-8-6-7-11-19(16)25-21(28)15-31-24-26-22-18(23(29)27(24)12-13-30-2)14-20(32-22)17-9-4-3-5-10-17/h3-5,9-10,14,16,19H,6-8,11-13,15H2,1-2H3,(H,25,28)/t16-,19+/m0/s1. The molecule has 32 heavy (non-hydrogen) atoms. The Morgan fingerprint density at radius 2 is 2.06 bits per heavy atom. The number of rotatable bonds is 8. The number of carbonyl (C=O) groups is 1. The van der Waals surface area contributed by atoms with E-state index in [1.165, 1.54) is 35.9 Å². The summed E-state index contributed by atoms with van der Waals surface area (Å²) in [6, 6.07) is 12.2. The Balaban J connectivity index is 1.57. The maximum Gasteiger partial charge on any atom is 0.263 e. The number of nitrogens with one attached hydrogen (secondary N) is 1. The Kier molecular flexibility index (Phi) is 7.65. The van der Waals surface area contributed by atoms with Crippen LogP contribution in [0.25, 0.3) is 20.7 Å². The van der Waals surface area contributed by atoms with Crippen LogP contribution >= 0.6 is 23.1 Å². The second-order valence-corrected chi connectivity index (χ2v) is 10.2. The molecule has 8 heteroatoms. The van der Waals surface area contributed by atoms with E-state index in [-0.39, 0.29) is 23.3 Å². The molecule has 1 saturated carbocycles. The van der Waals surface area contributed by atoms with E-state index in [0.29, 0.717) is 34.4 Å². The van der Waals surface area contributed by atoms with Gasteiger partial charge in [0.15, 0.2) is 5.16 Å². The van der Waals surface area contributed by atoms with Crippen LogP contribution in [0.15, 0.2) is 46.3 Å². The smallest absolute Gasteiger partial charge is 0.263 e. The molecule has 2 aromatic heterocycles. The summed E-state index contributed by atoms with van der Waals surface area (Å²) in [5.74, 6) is 0.748. The van der Waals surface area contributed by atoms with Crippen molar-refractivity contribution in [3.8, 4) is 10.4 Å². The quantitative estimate of drug-likeness (QED) is 0.385. The maximum absolute atomic E-state index is 13.3. The third-order valence-corrected chi connectivity index (χ3v) is 8.04. The van der Waals surface area contributed by atoms with Gasteiger partial charge in [-0.2, -0.15) is 0 Å². The zero-order valence-electron chi connectivity index (χ0n) is 18.5. The summed E-state index contributed by atoms with van der Waals surface area (Å²) in [6.07, 6.45) is 4.61. The number of nitrogens with zero attached hydrogens (tertiary/aromatic N) is 2. The van der Waals surface area contributed by atoms with Gasteiger partial charge in [-0.3, -0.25) is 14.2 Å². The number of fused-ring (bicyclic) bond motifs is 1. The molecule has 0 aliphatic heterocycles. The number of benzene rings is 1. The monoisotopic (exact) mass is 471 g/mol. The van der Waals surface area contributed by atoms with Gasteiger partial charge in [0.05, 0.1) is 24.3 Å². The third-order valence-electron chi connectivity index (χ3n) is 5.98. The summed E-state index contributed by atoms with van der Waals surface area (Å²) in [4.78, 5) is 32.4. The van der Waals surface area contributed by atoms with Crippen molar-refractivity contribution in [2.75, 3.05) is 19.5 Å². The second-order valence-electron chi connectivity index (χ2n) is 8.26. The molecule has 1 N–H and O–H groups in total. The highest BCUT2D eigenvalue weighted by molar-refractivity contribution is 7.99. The predicted molar refractivity (Wildman–Crippen MR) is 131 cm³/mol. The highest BCUT2D eigenvalue weighted by atomic mass is 32.2. The zero-order valence-corrected chi connectivity index (χ0v) is 20.1. The number of hydrogen-bond acceptors (Lipinski definition) is 6. The van der Waals surface area contributed by atoms with Crippen molar-refractivity contribution in [1.82, 2.24) is 14.9 Å². The third kappa shape index (κ3) is 5.24. The molecule has 1 aliphatic rings. The van der Waals surface area contributed by atoms with E-state index in [1.54, 1.807) is 11.7 Å². The molecule has 1 amide bonds. The number of hydrogen-bond donors (Lipinski definition) is 1. The lowest BCUT2D eigenvalue weighted by molar-refractivity contribution is -0.119. The molecule has 3 aromatic rings. The van der Waals surface area contributed by atoms with Crippen LogP contribution in [0, 0.1) is 5.92 Å². The first-order valence-electron chi connectivity index (χ1n) is 11.1. The Labute approximate surface area is 196 Å². The lowest BCUT2D eigenvalue weighted by Gasteiger charge is -2.29. The normalized spacial score (nSPS) is 18.7. The van der Waals surface area contributed by atoms with Crippen molar-refractivity contribution in [1.29, 1.82) is 0 Å². The summed E-state index contributed by atoms with van der Waals surface area (Å²) in [7, 11) is 1.61. The summed E-state index contributed by atoms with van der Waals surface area (Å²) in [5.41, 5.74) is 0.975. The van der Waals surface area contributed by atoms with E-state index >= 15 is 0 Å². The Bertz CT molecular complexity index is 1130. The number of thioether (sulfide) groups is 1. The Morgan fingerprint density at radius 3 is 2.81 bits per heavy atom. The molecule has 0 unspecified atom stereocenters. The molecule has 0 radical (unpaired) electrons. The van der Waals surface area contributed by atoms with Gasteiger partial charge >= 0.3 is 0 Å². The van der Waals surface area contributed by atoms with E-state index in [9.17, 15) is 9.59 Å². The van der Waals surface area contributed by atoms with E-state index in [2.05, 4.69) is 12.2 Å². The number of ether oxygens (including phenoxy) is 1. The average molecular weight is 472 g/mol. The fraction of sp³-hybridized carbons (Fsp3) is 0.458. The fourth-order valence-corrected chi connectivity index (χ4v) is 6.06. The van der Waals surface area contributed by atoms with Gasteiger partial charge in [-0.25, -0.2) is 4.98 Å². The summed E-state index contributed by atoms with van der Waals surface area (Å²) in [5, 5.41) is 4.35. The molecule has 0 bridgehead atoms. The van der Waals surface area contributed by atoms with Crippen molar-refractivity contribution < 1.29 is 9.53 Å². The number of amides is 1. The highest BCUT2D eigenvalue weighted by Crippen LogP contribution is 2.32. The summed E-state index contributed by atoms with van der Waals surface area (Å²) in [6.45, 7) is 3.01. The van der Waals surface area contributed by atoms with Gasteiger partial charge in [-0.05, 0) is 30.4 Å². The number of carbonyl (C=O) groups excluding carboxylic acids is 1. The van der Waals surface area contributed by atoms with E-state index in [0.717, 1.165) is 23.3 Å². The van der Waals surface area contributed by atoms with Crippen LogP contribution in [-0.2, 0) is 16.1 Å². The average Bonchev–Trinajstić information content (AvgIpc) is 3.24. The van der Waals surface area contributed by atoms with Gasteiger partial charge in [0.25, 0.3) is 5.56 Å². The molecule has 6 nitrogen and oxygen atoms in total. The topological polar surface area (TPSA) is 73.2 Å². The van der Waals surface area contributed by atoms with Crippen LogP contribution in [-0.4, -0.2) is 41.0 Å². The Morgan fingerprint density at radius 1 is 1.28 bits per heavy atom. The SMILES string of the molecule is COCCn1c(SCC(=O)N[C@@H]2CCCC[C@@H]2C)nc2sc(-c3ccccc3)cc2c1=O. The molecule has 2 atom stereocenters. The predicted octanol–water partition coefficient (Wildman–Crippen LogP) is 4.56. The van der Waals surface area contributed by atoms with Crippen LogP contribution in [0.2, 0.25) is 0 Å². The summed E-state index contributed by atoms with van der Waals surface area (Å²) < 4.78 is 6.84. The first-order valence-corrected chi connectivity index (χ1v) is 12.9. The van der Waals surface area contributed by atoms with Crippen LogP contribution < -0.4 is 10.9 Å². The molecule has 1 fully saturated rings. The minimum Gasteiger partial charge on any atom is -0.383 e. The van der Waals surface area contributed by atoms with Crippen LogP contribution in [0.1, 0.15) is 32.6 Å². The number of aromatic nitrogens is 2.